The lowest BCUT2D eigenvalue weighted by Gasteiger charge is -2.14. The van der Waals surface area contributed by atoms with Crippen molar-refractivity contribution in [3.8, 4) is 0 Å². The van der Waals surface area contributed by atoms with Gasteiger partial charge in [0.15, 0.2) is 0 Å². The summed E-state index contributed by atoms with van der Waals surface area (Å²) in [5.41, 5.74) is 3.75. The number of amides is 2. The highest BCUT2D eigenvalue weighted by molar-refractivity contribution is 5.96. The highest BCUT2D eigenvalue weighted by Gasteiger charge is 2.15. The van der Waals surface area contributed by atoms with Gasteiger partial charge >= 0.3 is 0 Å². The molecule has 1 unspecified atom stereocenters. The Bertz CT molecular complexity index is 777. The lowest BCUT2D eigenvalue weighted by molar-refractivity contribution is -0.117. The van der Waals surface area contributed by atoms with Crippen LogP contribution in [0.4, 0.5) is 11.4 Å². The fraction of sp³-hybridized carbons (Fsp3) is 0.417. The van der Waals surface area contributed by atoms with Gasteiger partial charge in [-0.3, -0.25) is 9.59 Å². The predicted octanol–water partition coefficient (Wildman–Crippen LogP) is 5.61. The monoisotopic (exact) mass is 380 g/mol. The van der Waals surface area contributed by atoms with Gasteiger partial charge in [0.05, 0.1) is 5.92 Å². The second-order valence-electron chi connectivity index (χ2n) is 8.27. The summed E-state index contributed by atoms with van der Waals surface area (Å²) in [5.74, 6) is 0.650. The summed E-state index contributed by atoms with van der Waals surface area (Å²) in [6, 6.07) is 15.5. The van der Waals surface area contributed by atoms with E-state index < -0.39 is 0 Å². The van der Waals surface area contributed by atoms with E-state index in [0.717, 1.165) is 23.4 Å². The number of hydrogen-bond acceptors (Lipinski definition) is 2. The topological polar surface area (TPSA) is 58.2 Å². The van der Waals surface area contributed by atoms with Gasteiger partial charge in [-0.15, -0.1) is 0 Å². The van der Waals surface area contributed by atoms with E-state index in [1.807, 2.05) is 32.9 Å². The van der Waals surface area contributed by atoms with E-state index in [-0.39, 0.29) is 17.7 Å². The Hall–Kier alpha value is -2.62. The van der Waals surface area contributed by atoms with Gasteiger partial charge in [0.25, 0.3) is 0 Å². The summed E-state index contributed by atoms with van der Waals surface area (Å²) < 4.78 is 0. The molecule has 150 valence electrons. The average molecular weight is 381 g/mol. The molecule has 0 fully saturated rings. The maximum Gasteiger partial charge on any atom is 0.231 e. The maximum atomic E-state index is 12.6. The van der Waals surface area contributed by atoms with Gasteiger partial charge in [0.2, 0.25) is 11.8 Å². The van der Waals surface area contributed by atoms with Crippen LogP contribution in [0.3, 0.4) is 0 Å². The summed E-state index contributed by atoms with van der Waals surface area (Å²) >= 11 is 0. The van der Waals surface area contributed by atoms with Crippen molar-refractivity contribution in [2.45, 2.75) is 53.4 Å². The minimum atomic E-state index is -0.237. The van der Waals surface area contributed by atoms with E-state index in [1.54, 1.807) is 24.3 Å². The van der Waals surface area contributed by atoms with Gasteiger partial charge in [-0.25, -0.2) is 0 Å². The Morgan fingerprint density at radius 2 is 1.29 bits per heavy atom. The zero-order valence-electron chi connectivity index (χ0n) is 17.6. The number of anilines is 2. The molecule has 2 N–H and O–H groups in total. The number of nitrogens with one attached hydrogen (secondary N) is 2. The van der Waals surface area contributed by atoms with Gasteiger partial charge in [0.1, 0.15) is 0 Å². The molecule has 0 aliphatic rings. The Kier molecular flexibility index (Phi) is 7.80. The van der Waals surface area contributed by atoms with Crippen LogP contribution in [0.1, 0.15) is 58.1 Å². The van der Waals surface area contributed by atoms with Crippen molar-refractivity contribution in [3.05, 3.63) is 59.7 Å². The first kappa shape index (κ1) is 21.7. The maximum absolute atomic E-state index is 12.6. The van der Waals surface area contributed by atoms with Crippen molar-refractivity contribution < 1.29 is 9.59 Å². The molecule has 0 heterocycles. The van der Waals surface area contributed by atoms with Crippen LogP contribution in [0.25, 0.3) is 0 Å². The van der Waals surface area contributed by atoms with E-state index >= 15 is 0 Å². The zero-order valence-corrected chi connectivity index (χ0v) is 17.6. The lowest BCUT2D eigenvalue weighted by atomic mass is 9.96. The van der Waals surface area contributed by atoms with Crippen LogP contribution in [0.5, 0.6) is 0 Å². The van der Waals surface area contributed by atoms with E-state index in [2.05, 4.69) is 36.6 Å². The first-order chi connectivity index (χ1) is 13.2. The first-order valence-corrected chi connectivity index (χ1v) is 10.0. The van der Waals surface area contributed by atoms with Crippen LogP contribution in [0.2, 0.25) is 0 Å². The Labute approximate surface area is 168 Å². The fourth-order valence-corrected chi connectivity index (χ4v) is 3.04. The van der Waals surface area contributed by atoms with Crippen LogP contribution >= 0.6 is 0 Å². The third kappa shape index (κ3) is 6.84. The Morgan fingerprint density at radius 1 is 0.750 bits per heavy atom. The van der Waals surface area contributed by atoms with E-state index in [0.29, 0.717) is 18.3 Å². The molecule has 28 heavy (non-hydrogen) atoms. The summed E-state index contributed by atoms with van der Waals surface area (Å²) in [4.78, 5) is 24.4. The van der Waals surface area contributed by atoms with E-state index in [9.17, 15) is 9.59 Å². The molecule has 2 amide bonds. The number of carbonyl (C=O) groups is 2. The molecule has 0 radical (unpaired) electrons. The molecule has 0 aliphatic carbocycles. The van der Waals surface area contributed by atoms with E-state index in [4.69, 9.17) is 0 Å². The molecule has 2 rings (SSSR count). The normalized spacial score (nSPS) is 12.1. The average Bonchev–Trinajstić information content (AvgIpc) is 2.62. The van der Waals surface area contributed by atoms with Crippen LogP contribution < -0.4 is 10.6 Å². The zero-order chi connectivity index (χ0) is 20.7. The molecule has 1 atom stereocenters. The van der Waals surface area contributed by atoms with Gasteiger partial charge in [-0.2, -0.15) is 0 Å². The molecular formula is C24H32N2O2. The van der Waals surface area contributed by atoms with Gasteiger partial charge in [-0.05, 0) is 60.6 Å². The number of rotatable bonds is 8. The van der Waals surface area contributed by atoms with Crippen molar-refractivity contribution in [1.29, 1.82) is 0 Å². The quantitative estimate of drug-likeness (QED) is 0.625. The second-order valence-corrected chi connectivity index (χ2v) is 8.27. The predicted molar refractivity (Wildman–Crippen MR) is 117 cm³/mol. The molecule has 0 aromatic heterocycles. The first-order valence-electron chi connectivity index (χ1n) is 10.0. The third-order valence-corrected chi connectivity index (χ3v) is 4.55. The molecule has 0 bridgehead atoms. The summed E-state index contributed by atoms with van der Waals surface area (Å²) in [7, 11) is 0. The van der Waals surface area contributed by atoms with Gasteiger partial charge < -0.3 is 10.6 Å². The number of carbonyl (C=O) groups excluding carboxylic acids is 2. The molecular weight excluding hydrogens is 348 g/mol. The summed E-state index contributed by atoms with van der Waals surface area (Å²) in [6.45, 7) is 10.3. The van der Waals surface area contributed by atoms with Crippen molar-refractivity contribution in [2.24, 2.45) is 11.8 Å². The minimum absolute atomic E-state index is 0.00122. The number of benzene rings is 2. The molecule has 0 aliphatic heterocycles. The SMILES string of the molecule is CC(C)CC(=O)Nc1ccc(NC(=O)C(C)c2ccc(CC(C)C)cc2)cc1. The fourth-order valence-electron chi connectivity index (χ4n) is 3.04. The van der Waals surface area contributed by atoms with Crippen LogP contribution in [0.15, 0.2) is 48.5 Å². The van der Waals surface area contributed by atoms with Gasteiger partial charge in [-0.1, -0.05) is 52.0 Å². The van der Waals surface area contributed by atoms with Crippen LogP contribution in [-0.2, 0) is 16.0 Å². The second kappa shape index (κ2) is 10.1. The lowest BCUT2D eigenvalue weighted by Crippen LogP contribution is -2.19. The Balaban J connectivity index is 1.93. The molecule has 2 aromatic carbocycles. The van der Waals surface area contributed by atoms with E-state index in [1.165, 1.54) is 5.56 Å². The molecule has 4 nitrogen and oxygen atoms in total. The highest BCUT2D eigenvalue weighted by atomic mass is 16.2. The Morgan fingerprint density at radius 3 is 1.79 bits per heavy atom. The largest absolute Gasteiger partial charge is 0.326 e. The minimum Gasteiger partial charge on any atom is -0.326 e. The summed E-state index contributed by atoms with van der Waals surface area (Å²) in [6.07, 6.45) is 1.53. The molecule has 0 saturated heterocycles. The van der Waals surface area contributed by atoms with Crippen molar-refractivity contribution in [3.63, 3.8) is 0 Å². The van der Waals surface area contributed by atoms with Crippen LogP contribution in [0, 0.1) is 11.8 Å². The third-order valence-electron chi connectivity index (χ3n) is 4.55. The molecule has 2 aromatic rings. The number of hydrogen-bond donors (Lipinski definition) is 2. The molecule has 0 saturated carbocycles. The van der Waals surface area contributed by atoms with Crippen molar-refractivity contribution in [1.82, 2.24) is 0 Å². The summed E-state index contributed by atoms with van der Waals surface area (Å²) in [5, 5.41) is 5.82. The van der Waals surface area contributed by atoms with Gasteiger partial charge in [0, 0.05) is 17.8 Å². The van der Waals surface area contributed by atoms with Crippen molar-refractivity contribution in [2.75, 3.05) is 10.6 Å². The van der Waals surface area contributed by atoms with Crippen molar-refractivity contribution >= 4 is 23.2 Å². The highest BCUT2D eigenvalue weighted by Crippen LogP contribution is 2.21. The standard InChI is InChI=1S/C24H32N2O2/c1-16(2)14-19-6-8-20(9-7-19)18(5)24(28)26-22-12-10-21(11-13-22)25-23(27)15-17(3)4/h6-13,16-18H,14-15H2,1-5H3,(H,25,27)(H,26,28). The molecule has 4 heteroatoms. The smallest absolute Gasteiger partial charge is 0.231 e. The van der Waals surface area contributed by atoms with Crippen LogP contribution in [-0.4, -0.2) is 11.8 Å². The molecule has 0 spiro atoms.